The minimum Gasteiger partial charge on any atom is -0.381 e. The smallest absolute Gasteiger partial charge is 0.214 e. The molecule has 1 N–H and O–H groups in total. The van der Waals surface area contributed by atoms with Crippen LogP contribution < -0.4 is 4.72 Å². The minimum atomic E-state index is -3.22. The van der Waals surface area contributed by atoms with Gasteiger partial charge in [0.1, 0.15) is 0 Å². The molecule has 0 aromatic heterocycles. The van der Waals surface area contributed by atoms with Crippen LogP contribution in [0.1, 0.15) is 27.2 Å². The van der Waals surface area contributed by atoms with E-state index in [-0.39, 0.29) is 18.4 Å². The Labute approximate surface area is 107 Å². The molecule has 0 aromatic carbocycles. The third-order valence-corrected chi connectivity index (χ3v) is 4.08. The van der Waals surface area contributed by atoms with Crippen LogP contribution in [0.2, 0.25) is 0 Å². The van der Waals surface area contributed by atoms with Crippen LogP contribution in [0.25, 0.3) is 0 Å². The maximum Gasteiger partial charge on any atom is 0.214 e. The Hall–Kier alpha value is 0.350. The van der Waals surface area contributed by atoms with Gasteiger partial charge in [-0.15, -0.1) is 0 Å². The van der Waals surface area contributed by atoms with E-state index >= 15 is 0 Å². The van der Waals surface area contributed by atoms with Crippen molar-refractivity contribution in [3.8, 4) is 0 Å². The largest absolute Gasteiger partial charge is 0.381 e. The van der Waals surface area contributed by atoms with E-state index in [0.29, 0.717) is 12.5 Å². The van der Waals surface area contributed by atoms with Gasteiger partial charge in [0, 0.05) is 18.0 Å². The van der Waals surface area contributed by atoms with Crippen molar-refractivity contribution in [1.82, 2.24) is 4.72 Å². The van der Waals surface area contributed by atoms with Gasteiger partial charge in [0.05, 0.1) is 12.4 Å². The number of alkyl halides is 1. The van der Waals surface area contributed by atoms with Crippen LogP contribution in [0.5, 0.6) is 0 Å². The Bertz CT molecular complexity index is 267. The molecule has 0 heterocycles. The van der Waals surface area contributed by atoms with Crippen LogP contribution >= 0.6 is 15.9 Å². The molecule has 1 unspecified atom stereocenters. The zero-order chi connectivity index (χ0) is 12.6. The quantitative estimate of drug-likeness (QED) is 0.521. The molecule has 0 spiro atoms. The molecule has 0 saturated carbocycles. The summed E-state index contributed by atoms with van der Waals surface area (Å²) in [5, 5.41) is 0.795. The van der Waals surface area contributed by atoms with E-state index in [1.807, 2.05) is 20.8 Å². The molecule has 0 rings (SSSR count). The van der Waals surface area contributed by atoms with Gasteiger partial charge in [-0.3, -0.25) is 0 Å². The number of rotatable bonds is 9. The summed E-state index contributed by atoms with van der Waals surface area (Å²) in [4.78, 5) is 0. The van der Waals surface area contributed by atoms with Crippen molar-refractivity contribution in [3.05, 3.63) is 0 Å². The van der Waals surface area contributed by atoms with Crippen molar-refractivity contribution in [2.24, 2.45) is 5.92 Å². The van der Waals surface area contributed by atoms with E-state index in [4.69, 9.17) is 4.74 Å². The maximum absolute atomic E-state index is 11.7. The van der Waals surface area contributed by atoms with Crippen molar-refractivity contribution < 1.29 is 13.2 Å². The number of halogens is 1. The third-order valence-electron chi connectivity index (χ3n) is 2.26. The molecule has 0 amide bonds. The normalized spacial score (nSPS) is 14.3. The lowest BCUT2D eigenvalue weighted by molar-refractivity contribution is 0.163. The van der Waals surface area contributed by atoms with Crippen molar-refractivity contribution in [1.29, 1.82) is 0 Å². The van der Waals surface area contributed by atoms with Crippen molar-refractivity contribution in [2.45, 2.75) is 33.2 Å². The van der Waals surface area contributed by atoms with E-state index in [1.165, 1.54) is 0 Å². The summed E-state index contributed by atoms with van der Waals surface area (Å²) in [6.07, 6.45) is 0.797. The SMILES string of the molecule is CCOCCS(=O)(=O)NC(CCBr)C(C)C. The highest BCUT2D eigenvalue weighted by atomic mass is 79.9. The Morgan fingerprint density at radius 2 is 2.00 bits per heavy atom. The molecular weight excluding hydrogens is 294 g/mol. The van der Waals surface area contributed by atoms with Gasteiger partial charge >= 0.3 is 0 Å². The molecule has 1 atom stereocenters. The van der Waals surface area contributed by atoms with Crippen LogP contribution in [0.15, 0.2) is 0 Å². The zero-order valence-electron chi connectivity index (χ0n) is 10.2. The number of sulfonamides is 1. The van der Waals surface area contributed by atoms with Gasteiger partial charge in [0.15, 0.2) is 0 Å². The molecule has 0 aromatic rings. The molecule has 4 nitrogen and oxygen atoms in total. The average Bonchev–Trinajstić information content (AvgIpc) is 2.17. The topological polar surface area (TPSA) is 55.4 Å². The molecule has 0 aliphatic heterocycles. The predicted molar refractivity (Wildman–Crippen MR) is 70.5 cm³/mol. The zero-order valence-corrected chi connectivity index (χ0v) is 12.6. The average molecular weight is 316 g/mol. The van der Waals surface area contributed by atoms with Gasteiger partial charge in [-0.1, -0.05) is 29.8 Å². The van der Waals surface area contributed by atoms with E-state index in [1.54, 1.807) is 0 Å². The van der Waals surface area contributed by atoms with Gasteiger partial charge in [0.2, 0.25) is 10.0 Å². The second kappa shape index (κ2) is 8.44. The van der Waals surface area contributed by atoms with Crippen LogP contribution in [-0.2, 0) is 14.8 Å². The Kier molecular flexibility index (Phi) is 8.63. The summed E-state index contributed by atoms with van der Waals surface area (Å²) in [6.45, 7) is 6.67. The lowest BCUT2D eigenvalue weighted by Crippen LogP contribution is -2.40. The summed E-state index contributed by atoms with van der Waals surface area (Å²) >= 11 is 3.33. The second-order valence-corrected chi connectivity index (χ2v) is 6.63. The first-order chi connectivity index (χ1) is 7.43. The first-order valence-electron chi connectivity index (χ1n) is 5.56. The summed E-state index contributed by atoms with van der Waals surface area (Å²) in [5.74, 6) is 0.325. The molecule has 16 heavy (non-hydrogen) atoms. The molecule has 0 aliphatic rings. The Balaban J connectivity index is 4.19. The first kappa shape index (κ1) is 16.4. The van der Waals surface area contributed by atoms with Crippen molar-refractivity contribution >= 4 is 26.0 Å². The number of nitrogens with one attached hydrogen (secondary N) is 1. The van der Waals surface area contributed by atoms with E-state index in [9.17, 15) is 8.42 Å². The summed E-state index contributed by atoms with van der Waals surface area (Å²) < 4.78 is 31.1. The van der Waals surface area contributed by atoms with Crippen molar-refractivity contribution in [2.75, 3.05) is 24.3 Å². The third kappa shape index (κ3) is 7.60. The van der Waals surface area contributed by atoms with E-state index in [0.717, 1.165) is 11.8 Å². The van der Waals surface area contributed by atoms with Gasteiger partial charge in [-0.2, -0.15) is 0 Å². The number of hydrogen-bond donors (Lipinski definition) is 1. The number of hydrogen-bond acceptors (Lipinski definition) is 3. The monoisotopic (exact) mass is 315 g/mol. The fraction of sp³-hybridized carbons (Fsp3) is 1.00. The van der Waals surface area contributed by atoms with Crippen LogP contribution in [0.3, 0.4) is 0 Å². The lowest BCUT2D eigenvalue weighted by atomic mass is 10.0. The molecule has 98 valence electrons. The fourth-order valence-electron chi connectivity index (χ4n) is 1.25. The van der Waals surface area contributed by atoms with E-state index in [2.05, 4.69) is 20.7 Å². The molecule has 0 radical (unpaired) electrons. The Morgan fingerprint density at radius 1 is 1.38 bits per heavy atom. The maximum atomic E-state index is 11.7. The predicted octanol–water partition coefficient (Wildman–Crippen LogP) is 1.75. The molecule has 6 heteroatoms. The highest BCUT2D eigenvalue weighted by Gasteiger charge is 2.19. The van der Waals surface area contributed by atoms with Crippen LogP contribution in [0.4, 0.5) is 0 Å². The highest BCUT2D eigenvalue weighted by Crippen LogP contribution is 2.09. The molecule has 0 fully saturated rings. The molecule has 0 aliphatic carbocycles. The first-order valence-corrected chi connectivity index (χ1v) is 8.34. The fourth-order valence-corrected chi connectivity index (χ4v) is 3.05. The molecule has 0 bridgehead atoms. The van der Waals surface area contributed by atoms with Gasteiger partial charge in [0.25, 0.3) is 0 Å². The summed E-state index contributed by atoms with van der Waals surface area (Å²) in [6, 6.07) is -0.00833. The highest BCUT2D eigenvalue weighted by molar-refractivity contribution is 9.09. The van der Waals surface area contributed by atoms with E-state index < -0.39 is 10.0 Å². The minimum absolute atomic E-state index is 0.00833. The van der Waals surface area contributed by atoms with Crippen LogP contribution in [-0.4, -0.2) is 38.8 Å². The van der Waals surface area contributed by atoms with Gasteiger partial charge in [-0.25, -0.2) is 13.1 Å². The summed E-state index contributed by atoms with van der Waals surface area (Å²) in [7, 11) is -3.22. The standard InChI is InChI=1S/C10H22BrNO3S/c1-4-15-7-8-16(13,14)12-10(5-6-11)9(2)3/h9-10,12H,4-8H2,1-3H3. The van der Waals surface area contributed by atoms with Gasteiger partial charge in [-0.05, 0) is 19.3 Å². The van der Waals surface area contributed by atoms with Crippen LogP contribution in [0, 0.1) is 5.92 Å². The van der Waals surface area contributed by atoms with Gasteiger partial charge < -0.3 is 4.74 Å². The van der Waals surface area contributed by atoms with Crippen molar-refractivity contribution in [3.63, 3.8) is 0 Å². The Morgan fingerprint density at radius 3 is 2.44 bits per heavy atom. The summed E-state index contributed by atoms with van der Waals surface area (Å²) in [5.41, 5.74) is 0. The number of ether oxygens (including phenoxy) is 1. The lowest BCUT2D eigenvalue weighted by Gasteiger charge is -2.21. The molecular formula is C10H22BrNO3S. The molecule has 0 saturated heterocycles. The second-order valence-electron chi connectivity index (χ2n) is 3.96.